The van der Waals surface area contributed by atoms with E-state index in [1.54, 1.807) is 0 Å². The predicted octanol–water partition coefficient (Wildman–Crippen LogP) is 15.0. The lowest BCUT2D eigenvalue weighted by Crippen LogP contribution is -2.55. The Morgan fingerprint density at radius 1 is 0.446 bits per heavy atom. The van der Waals surface area contributed by atoms with E-state index >= 15 is 0 Å². The number of aliphatic carboxylic acids is 1. The first kappa shape index (κ1) is 62.8. The molecule has 0 heterocycles. The number of likely N-dealkylation sites (N-methyl/N-ethyl adjacent to an activating group) is 1. The molecule has 0 aromatic rings. The molecule has 0 aliphatic carbocycles. The Labute approximate surface area is 402 Å². The summed E-state index contributed by atoms with van der Waals surface area (Å²) in [5, 5.41) is 11.7. The van der Waals surface area contributed by atoms with E-state index in [9.17, 15) is 19.5 Å². The van der Waals surface area contributed by atoms with E-state index in [1.165, 1.54) is 186 Å². The highest BCUT2D eigenvalue weighted by Crippen LogP contribution is 2.16. The van der Waals surface area contributed by atoms with Crippen LogP contribution in [0, 0.1) is 0 Å². The Morgan fingerprint density at radius 3 is 1.11 bits per heavy atom. The predicted molar refractivity (Wildman–Crippen MR) is 273 cm³/mol. The lowest BCUT2D eigenvalue weighted by molar-refractivity contribution is -0.889. The molecule has 0 aromatic carbocycles. The highest BCUT2D eigenvalue weighted by atomic mass is 16.6. The molecule has 0 amide bonds. The molecule has 0 fully saturated rings. The lowest BCUT2D eigenvalue weighted by Gasteiger charge is -2.34. The van der Waals surface area contributed by atoms with Crippen LogP contribution in [0.4, 0.5) is 0 Å². The molecular weight excluding hydrogens is 811 g/mol. The van der Waals surface area contributed by atoms with Gasteiger partial charge >= 0.3 is 11.9 Å². The molecule has 0 aliphatic heterocycles. The summed E-state index contributed by atoms with van der Waals surface area (Å²) in [5.41, 5.74) is 0. The molecule has 2 atom stereocenters. The van der Waals surface area contributed by atoms with E-state index in [-0.39, 0.29) is 42.7 Å². The largest absolute Gasteiger partial charge is 0.544 e. The Morgan fingerprint density at radius 2 is 0.769 bits per heavy atom. The van der Waals surface area contributed by atoms with Gasteiger partial charge in [0.1, 0.15) is 12.6 Å². The molecule has 0 aromatic heterocycles. The third-order valence-corrected chi connectivity index (χ3v) is 12.8. The minimum absolute atomic E-state index is 0.0398. The summed E-state index contributed by atoms with van der Waals surface area (Å²) in [5.74, 6) is -1.73. The van der Waals surface area contributed by atoms with Crippen molar-refractivity contribution in [2.24, 2.45) is 0 Å². The van der Waals surface area contributed by atoms with Crippen LogP contribution in [-0.4, -0.2) is 75.5 Å². The van der Waals surface area contributed by atoms with Crippen LogP contribution < -0.4 is 5.11 Å². The third kappa shape index (κ3) is 46.7. The molecule has 8 heteroatoms. The zero-order valence-electron chi connectivity index (χ0n) is 43.7. The van der Waals surface area contributed by atoms with Crippen molar-refractivity contribution in [3.8, 4) is 0 Å². The van der Waals surface area contributed by atoms with Crippen molar-refractivity contribution in [3.05, 3.63) is 24.3 Å². The maximum atomic E-state index is 12.8. The Kier molecular flexibility index (Phi) is 46.6. The minimum Gasteiger partial charge on any atom is -0.544 e. The fourth-order valence-electron chi connectivity index (χ4n) is 8.47. The molecule has 0 bridgehead atoms. The van der Waals surface area contributed by atoms with Gasteiger partial charge in [-0.2, -0.15) is 0 Å². The summed E-state index contributed by atoms with van der Waals surface area (Å²) in [6, 6.07) is -0.727. The number of carboxylic acid groups (broad SMARTS) is 1. The quantitative estimate of drug-likeness (QED) is 0.0259. The van der Waals surface area contributed by atoms with Gasteiger partial charge in [-0.3, -0.25) is 9.59 Å². The van der Waals surface area contributed by atoms with Crippen LogP contribution in [0.1, 0.15) is 271 Å². The monoisotopic (exact) mass is 918 g/mol. The van der Waals surface area contributed by atoms with Crippen molar-refractivity contribution in [3.63, 3.8) is 0 Å². The van der Waals surface area contributed by atoms with E-state index in [0.29, 0.717) is 12.8 Å². The number of allylic oxidation sites excluding steroid dienone is 4. The van der Waals surface area contributed by atoms with Gasteiger partial charge in [0, 0.05) is 19.3 Å². The van der Waals surface area contributed by atoms with E-state index in [4.69, 9.17) is 14.2 Å². The van der Waals surface area contributed by atoms with Crippen LogP contribution in [0.25, 0.3) is 0 Å². The smallest absolute Gasteiger partial charge is 0.306 e. The molecule has 0 spiro atoms. The van der Waals surface area contributed by atoms with Crippen molar-refractivity contribution in [1.29, 1.82) is 0 Å². The normalized spacial score (nSPS) is 12.9. The molecule has 0 rings (SSSR count). The van der Waals surface area contributed by atoms with E-state index in [1.807, 2.05) is 21.1 Å². The summed E-state index contributed by atoms with van der Waals surface area (Å²) >= 11 is 0. The van der Waals surface area contributed by atoms with Gasteiger partial charge in [0.15, 0.2) is 6.10 Å². The van der Waals surface area contributed by atoms with Crippen LogP contribution in [0.3, 0.4) is 0 Å². The van der Waals surface area contributed by atoms with Gasteiger partial charge in [-0.05, 0) is 64.2 Å². The first-order valence-corrected chi connectivity index (χ1v) is 27.9. The number of unbranched alkanes of at least 4 members (excludes halogenated alkanes) is 33. The average Bonchev–Trinajstić information content (AvgIpc) is 3.27. The van der Waals surface area contributed by atoms with Crippen LogP contribution >= 0.6 is 0 Å². The first-order chi connectivity index (χ1) is 31.6. The summed E-state index contributed by atoms with van der Waals surface area (Å²) in [7, 11) is 5.42. The van der Waals surface area contributed by atoms with Crippen molar-refractivity contribution in [2.75, 3.05) is 41.0 Å². The zero-order valence-corrected chi connectivity index (χ0v) is 43.7. The summed E-state index contributed by atoms with van der Waals surface area (Å²) in [6.07, 6.45) is 56.5. The van der Waals surface area contributed by atoms with Crippen molar-refractivity contribution in [2.45, 2.75) is 283 Å². The number of carbonyl (C=O) groups is 3. The molecule has 0 radical (unpaired) electrons. The number of hydrogen-bond acceptors (Lipinski definition) is 7. The number of hydrogen-bond donors (Lipinski definition) is 0. The number of carboxylic acids is 1. The number of carbonyl (C=O) groups excluding carboxylic acids is 3. The number of nitrogens with zero attached hydrogens (tertiary/aromatic N) is 1. The summed E-state index contributed by atoms with van der Waals surface area (Å²) in [4.78, 5) is 37.1. The van der Waals surface area contributed by atoms with Crippen LogP contribution in [-0.2, 0) is 28.6 Å². The van der Waals surface area contributed by atoms with E-state index < -0.39 is 18.1 Å². The second-order valence-corrected chi connectivity index (χ2v) is 20.2. The lowest BCUT2D eigenvalue weighted by atomic mass is 10.0. The fraction of sp³-hybridized carbons (Fsp3) is 0.877. The van der Waals surface area contributed by atoms with Gasteiger partial charge in [-0.15, -0.1) is 0 Å². The summed E-state index contributed by atoms with van der Waals surface area (Å²) < 4.78 is 17.3. The highest BCUT2D eigenvalue weighted by Gasteiger charge is 2.25. The minimum atomic E-state index is -1.12. The molecule has 0 saturated carbocycles. The number of rotatable bonds is 51. The third-order valence-electron chi connectivity index (χ3n) is 12.8. The van der Waals surface area contributed by atoms with Gasteiger partial charge in [0.25, 0.3) is 0 Å². The number of quaternary nitrogens is 1. The molecule has 0 saturated heterocycles. The van der Waals surface area contributed by atoms with Gasteiger partial charge in [0.05, 0.1) is 40.3 Å². The first-order valence-electron chi connectivity index (χ1n) is 27.9. The Hall–Kier alpha value is -2.19. The maximum absolute atomic E-state index is 12.8. The zero-order chi connectivity index (χ0) is 47.7. The van der Waals surface area contributed by atoms with Crippen molar-refractivity contribution in [1.82, 2.24) is 0 Å². The maximum Gasteiger partial charge on any atom is 0.306 e. The summed E-state index contributed by atoms with van der Waals surface area (Å²) in [6.45, 7) is 4.70. The second kappa shape index (κ2) is 48.3. The van der Waals surface area contributed by atoms with Gasteiger partial charge in [0.2, 0.25) is 0 Å². The Bertz CT molecular complexity index is 1120. The molecule has 382 valence electrons. The highest BCUT2D eigenvalue weighted by molar-refractivity contribution is 5.70. The Balaban J connectivity index is 4.19. The van der Waals surface area contributed by atoms with Crippen LogP contribution in [0.2, 0.25) is 0 Å². The molecule has 0 aliphatic rings. The molecule has 0 N–H and O–H groups in total. The molecule has 2 unspecified atom stereocenters. The van der Waals surface area contributed by atoms with Crippen LogP contribution in [0.5, 0.6) is 0 Å². The fourth-order valence-corrected chi connectivity index (χ4v) is 8.47. The standard InChI is InChI=1S/C57H107NO7/c1-6-8-10-12-14-16-18-20-22-24-26-27-28-29-30-32-34-36-38-40-42-44-46-48-56(60)65-53(51-63-50-49-54(57(61)62)58(3,4)5)52-64-55(59)47-45-43-41-39-37-35-33-31-25-23-21-19-17-15-13-11-9-7-2/h29-31,33,53-54H,6-28,32,34-52H2,1-5H3/b30-29+,33-31+. The van der Waals surface area contributed by atoms with Crippen molar-refractivity contribution >= 4 is 17.9 Å². The van der Waals surface area contributed by atoms with Gasteiger partial charge in [-0.25, -0.2) is 0 Å². The number of ether oxygens (including phenoxy) is 3. The van der Waals surface area contributed by atoms with E-state index in [2.05, 4.69) is 38.2 Å². The van der Waals surface area contributed by atoms with Gasteiger partial charge in [-0.1, -0.05) is 212 Å². The van der Waals surface area contributed by atoms with E-state index in [0.717, 1.165) is 51.4 Å². The molecule has 65 heavy (non-hydrogen) atoms. The SMILES string of the molecule is CCCCCCCCCCC/C=C/CCCCCCCC(=O)OCC(COCCC(C(=O)[O-])[N+](C)(C)C)OC(=O)CCCCCCCCC/C=C/CCCCCCCCCCCCCC. The molecular formula is C57H107NO7. The molecule has 8 nitrogen and oxygen atoms in total. The van der Waals surface area contributed by atoms with Crippen molar-refractivity contribution < 1.29 is 38.2 Å². The average molecular weight is 918 g/mol. The second-order valence-electron chi connectivity index (χ2n) is 20.2. The number of esters is 2. The van der Waals surface area contributed by atoms with Gasteiger partial charge < -0.3 is 28.6 Å². The topological polar surface area (TPSA) is 102 Å². The van der Waals surface area contributed by atoms with Crippen LogP contribution in [0.15, 0.2) is 24.3 Å².